The second kappa shape index (κ2) is 8.67. The van der Waals surface area contributed by atoms with Crippen LogP contribution < -0.4 is 4.74 Å². The van der Waals surface area contributed by atoms with Crippen LogP contribution in [-0.4, -0.2) is 38.4 Å². The first-order valence-corrected chi connectivity index (χ1v) is 11.4. The molecule has 0 saturated carbocycles. The fourth-order valence-corrected chi connectivity index (χ4v) is 5.66. The summed E-state index contributed by atoms with van der Waals surface area (Å²) in [6.07, 6.45) is 8.06. The van der Waals surface area contributed by atoms with Crippen molar-refractivity contribution in [2.45, 2.75) is 51.6 Å². The number of hydrogen-bond donors (Lipinski definition) is 1. The number of aromatic nitrogens is 2. The minimum absolute atomic E-state index is 0.186. The van der Waals surface area contributed by atoms with Gasteiger partial charge in [-0.2, -0.15) is 5.10 Å². The van der Waals surface area contributed by atoms with Gasteiger partial charge in [-0.15, -0.1) is 0 Å². The number of benzene rings is 1. The zero-order chi connectivity index (χ0) is 16.8. The zero-order valence-electron chi connectivity index (χ0n) is 14.9. The lowest BCUT2D eigenvalue weighted by Gasteiger charge is -2.18. The number of fused-ring (bicyclic) bond motifs is 1. The van der Waals surface area contributed by atoms with Crippen molar-refractivity contribution >= 4 is 19.7 Å². The van der Waals surface area contributed by atoms with E-state index in [0.717, 1.165) is 30.7 Å². The van der Waals surface area contributed by atoms with Crippen LogP contribution in [0.25, 0.3) is 10.9 Å². The molecule has 1 unspecified atom stereocenters. The van der Waals surface area contributed by atoms with E-state index in [1.54, 1.807) is 0 Å². The Morgan fingerprint density at radius 2 is 2.29 bits per heavy atom. The molecule has 1 N–H and O–H groups in total. The van der Waals surface area contributed by atoms with Crippen molar-refractivity contribution in [3.63, 3.8) is 0 Å². The maximum absolute atomic E-state index is 6.14. The van der Waals surface area contributed by atoms with E-state index in [9.17, 15) is 0 Å². The highest BCUT2D eigenvalue weighted by molar-refractivity contribution is 6.59. The van der Waals surface area contributed by atoms with Crippen LogP contribution in [0.1, 0.15) is 38.2 Å². The Kier molecular flexibility index (Phi) is 6.32. The third kappa shape index (κ3) is 4.60. The van der Waals surface area contributed by atoms with Gasteiger partial charge in [-0.3, -0.25) is 5.10 Å². The Balaban J connectivity index is 1.50. The van der Waals surface area contributed by atoms with Crippen molar-refractivity contribution in [1.82, 2.24) is 10.2 Å². The normalized spacial score (nSPS) is 16.8. The van der Waals surface area contributed by atoms with Gasteiger partial charge >= 0.3 is 0 Å². The molecular weight excluding hydrogens is 316 g/mol. The maximum atomic E-state index is 6.14. The van der Waals surface area contributed by atoms with Gasteiger partial charge in [0.05, 0.1) is 27.1 Å². The maximum Gasteiger partial charge on any atom is 0.121 e. The number of aromatic amines is 1. The highest BCUT2D eigenvalue weighted by atomic mass is 28.3. The molecule has 4 nitrogen and oxygen atoms in total. The molecule has 0 aliphatic carbocycles. The van der Waals surface area contributed by atoms with Crippen molar-refractivity contribution < 1.29 is 9.47 Å². The molecule has 1 aliphatic heterocycles. The van der Waals surface area contributed by atoms with Gasteiger partial charge < -0.3 is 9.47 Å². The summed E-state index contributed by atoms with van der Waals surface area (Å²) in [4.78, 5) is 0. The number of hydrogen-bond acceptors (Lipinski definition) is 3. The summed E-state index contributed by atoms with van der Waals surface area (Å²) in [7, 11) is -0.186. The van der Waals surface area contributed by atoms with Crippen LogP contribution in [0.4, 0.5) is 0 Å². The van der Waals surface area contributed by atoms with Crippen LogP contribution in [0, 0.1) is 12.8 Å². The van der Waals surface area contributed by atoms with Crippen LogP contribution in [0.5, 0.6) is 5.75 Å². The standard InChI is InChI=1S/C19H29N2O2Si/c1-3-5-16(6-4-8-24-9-7-22-14-24)13-23-17-10-15(2)18-12-20-21-19(18)11-17/h10-12,16H,3-9,13-14H2,1-2H3,(H,20,21). The Hall–Kier alpha value is -1.33. The minimum Gasteiger partial charge on any atom is -0.493 e. The van der Waals surface area contributed by atoms with E-state index in [-0.39, 0.29) is 8.80 Å². The van der Waals surface area contributed by atoms with E-state index in [4.69, 9.17) is 9.47 Å². The summed E-state index contributed by atoms with van der Waals surface area (Å²) in [5.74, 6) is 1.62. The largest absolute Gasteiger partial charge is 0.493 e. The fraction of sp³-hybridized carbons (Fsp3) is 0.632. The highest BCUT2D eigenvalue weighted by Crippen LogP contribution is 2.25. The smallest absolute Gasteiger partial charge is 0.121 e. The van der Waals surface area contributed by atoms with Crippen LogP contribution in [0.3, 0.4) is 0 Å². The van der Waals surface area contributed by atoms with Gasteiger partial charge in [0.15, 0.2) is 0 Å². The summed E-state index contributed by atoms with van der Waals surface area (Å²) >= 11 is 0. The molecular formula is C19H29N2O2Si. The summed E-state index contributed by atoms with van der Waals surface area (Å²) < 4.78 is 11.7. The van der Waals surface area contributed by atoms with E-state index in [1.165, 1.54) is 48.7 Å². The van der Waals surface area contributed by atoms with Crippen LogP contribution in [-0.2, 0) is 4.74 Å². The van der Waals surface area contributed by atoms with Gasteiger partial charge in [0, 0.05) is 24.3 Å². The van der Waals surface area contributed by atoms with E-state index in [2.05, 4.69) is 36.2 Å². The van der Waals surface area contributed by atoms with Crippen molar-refractivity contribution in [3.8, 4) is 5.75 Å². The van der Waals surface area contributed by atoms with Crippen molar-refractivity contribution in [2.24, 2.45) is 5.92 Å². The second-order valence-corrected chi connectivity index (χ2v) is 9.77. The van der Waals surface area contributed by atoms with E-state index >= 15 is 0 Å². The second-order valence-electron chi connectivity index (χ2n) is 6.98. The molecule has 3 rings (SSSR count). The van der Waals surface area contributed by atoms with Crippen molar-refractivity contribution in [1.29, 1.82) is 0 Å². The van der Waals surface area contributed by atoms with Crippen LogP contribution in [0.15, 0.2) is 18.3 Å². The lowest BCUT2D eigenvalue weighted by atomic mass is 9.99. The van der Waals surface area contributed by atoms with Crippen molar-refractivity contribution in [2.75, 3.05) is 19.4 Å². The summed E-state index contributed by atoms with van der Waals surface area (Å²) in [5, 5.41) is 8.33. The molecule has 1 aliphatic rings. The molecule has 1 atom stereocenters. The first-order chi connectivity index (χ1) is 11.8. The van der Waals surface area contributed by atoms with Gasteiger partial charge in [-0.05, 0) is 43.4 Å². The molecule has 1 aromatic heterocycles. The molecule has 1 fully saturated rings. The molecule has 0 amide bonds. The van der Waals surface area contributed by atoms with Gasteiger partial charge in [-0.1, -0.05) is 25.8 Å². The summed E-state index contributed by atoms with van der Waals surface area (Å²) in [6.45, 7) is 6.21. The Morgan fingerprint density at radius 3 is 3.08 bits per heavy atom. The quantitative estimate of drug-likeness (QED) is 0.680. The van der Waals surface area contributed by atoms with Crippen LogP contribution in [0.2, 0.25) is 12.1 Å². The molecule has 131 valence electrons. The third-order valence-electron chi connectivity index (χ3n) is 4.97. The number of ether oxygens (including phenoxy) is 2. The SMILES string of the molecule is CCCC(CCC[Si]1CCOC1)COc1cc(C)c2cn[nH]c2c1. The summed E-state index contributed by atoms with van der Waals surface area (Å²) in [5.41, 5.74) is 2.27. The average Bonchev–Trinajstić information content (AvgIpc) is 3.24. The third-order valence-corrected chi connectivity index (χ3v) is 7.55. The Morgan fingerprint density at radius 1 is 1.38 bits per heavy atom. The Labute approximate surface area is 146 Å². The predicted molar refractivity (Wildman–Crippen MR) is 100 cm³/mol. The van der Waals surface area contributed by atoms with Crippen molar-refractivity contribution in [3.05, 3.63) is 23.9 Å². The van der Waals surface area contributed by atoms with Gasteiger partial charge in [0.25, 0.3) is 0 Å². The average molecular weight is 346 g/mol. The topological polar surface area (TPSA) is 47.1 Å². The van der Waals surface area contributed by atoms with Gasteiger partial charge in [0.1, 0.15) is 5.75 Å². The molecule has 1 radical (unpaired) electrons. The molecule has 2 aromatic rings. The predicted octanol–water partition coefficient (Wildman–Crippen LogP) is 4.51. The van der Waals surface area contributed by atoms with Gasteiger partial charge in [0.2, 0.25) is 0 Å². The number of H-pyrrole nitrogens is 1. The lowest BCUT2D eigenvalue weighted by molar-refractivity contribution is 0.213. The molecule has 1 aromatic carbocycles. The lowest BCUT2D eigenvalue weighted by Crippen LogP contribution is -2.15. The van der Waals surface area contributed by atoms with E-state index < -0.39 is 0 Å². The Bertz CT molecular complexity index is 637. The first kappa shape index (κ1) is 17.5. The number of rotatable bonds is 9. The van der Waals surface area contributed by atoms with E-state index in [1.807, 2.05) is 6.20 Å². The van der Waals surface area contributed by atoms with Gasteiger partial charge in [-0.25, -0.2) is 0 Å². The fourth-order valence-electron chi connectivity index (χ4n) is 3.56. The van der Waals surface area contributed by atoms with Crippen LogP contribution >= 0.6 is 0 Å². The molecule has 1 saturated heterocycles. The number of nitrogens with one attached hydrogen (secondary N) is 1. The van der Waals surface area contributed by atoms with E-state index in [0.29, 0.717) is 5.92 Å². The number of nitrogens with zero attached hydrogens (tertiary/aromatic N) is 1. The molecule has 5 heteroatoms. The highest BCUT2D eigenvalue weighted by Gasteiger charge is 2.18. The summed E-state index contributed by atoms with van der Waals surface area (Å²) in [6, 6.07) is 6.95. The molecule has 2 heterocycles. The monoisotopic (exact) mass is 345 g/mol. The zero-order valence-corrected chi connectivity index (χ0v) is 15.9. The molecule has 0 spiro atoms. The molecule has 24 heavy (non-hydrogen) atoms. The minimum atomic E-state index is -0.186. The molecule has 0 bridgehead atoms. The number of aryl methyl sites for hydroxylation is 1. The first-order valence-electron chi connectivity index (χ1n) is 9.24.